The molecule has 0 bridgehead atoms. The van der Waals surface area contributed by atoms with Crippen LogP contribution in [0.3, 0.4) is 0 Å². The highest BCUT2D eigenvalue weighted by molar-refractivity contribution is 7.91. The van der Waals surface area contributed by atoms with Crippen molar-refractivity contribution in [2.45, 2.75) is 51.9 Å². The lowest BCUT2D eigenvalue weighted by Gasteiger charge is -2.17. The van der Waals surface area contributed by atoms with Gasteiger partial charge in [-0.05, 0) is 35.4 Å². The van der Waals surface area contributed by atoms with E-state index in [2.05, 4.69) is 34.6 Å². The van der Waals surface area contributed by atoms with Crippen LogP contribution in [0.15, 0.2) is 29.2 Å². The van der Waals surface area contributed by atoms with E-state index in [-0.39, 0.29) is 11.2 Å². The minimum absolute atomic E-state index is 0.0466. The van der Waals surface area contributed by atoms with Crippen molar-refractivity contribution in [2.75, 3.05) is 5.75 Å². The molecule has 1 rings (SSSR count). The molecule has 18 heavy (non-hydrogen) atoms. The fourth-order valence-corrected chi connectivity index (χ4v) is 3.29. The normalized spacial score (nSPS) is 13.0. The standard InChI is InChI=1S/C15H24O2S/c1-12(2)13-6-8-14(9-7-13)18(16,17)11-10-15(3,4)5/h6-9,12H,10-11H2,1-5H3. The number of hydrogen-bond donors (Lipinski definition) is 0. The molecule has 1 aromatic rings. The average molecular weight is 268 g/mol. The summed E-state index contributed by atoms with van der Waals surface area (Å²) in [7, 11) is -3.14. The van der Waals surface area contributed by atoms with Crippen LogP contribution < -0.4 is 0 Å². The summed E-state index contributed by atoms with van der Waals surface area (Å²) < 4.78 is 24.3. The fourth-order valence-electron chi connectivity index (χ4n) is 1.62. The maximum absolute atomic E-state index is 12.2. The minimum atomic E-state index is -3.14. The van der Waals surface area contributed by atoms with Gasteiger partial charge in [-0.2, -0.15) is 0 Å². The number of sulfone groups is 1. The van der Waals surface area contributed by atoms with Crippen LogP contribution in [0.1, 0.15) is 52.5 Å². The van der Waals surface area contributed by atoms with Crippen LogP contribution in [0.2, 0.25) is 0 Å². The zero-order chi connectivity index (χ0) is 14.0. The van der Waals surface area contributed by atoms with Crippen molar-refractivity contribution < 1.29 is 8.42 Å². The molecule has 0 N–H and O–H groups in total. The molecule has 0 unspecified atom stereocenters. The van der Waals surface area contributed by atoms with Gasteiger partial charge < -0.3 is 0 Å². The molecule has 0 spiro atoms. The van der Waals surface area contributed by atoms with E-state index in [9.17, 15) is 8.42 Å². The second-order valence-electron chi connectivity index (χ2n) is 6.35. The maximum Gasteiger partial charge on any atom is 0.178 e. The second-order valence-corrected chi connectivity index (χ2v) is 8.46. The van der Waals surface area contributed by atoms with Gasteiger partial charge in [-0.3, -0.25) is 0 Å². The van der Waals surface area contributed by atoms with E-state index in [0.29, 0.717) is 17.2 Å². The first kappa shape index (κ1) is 15.2. The summed E-state index contributed by atoms with van der Waals surface area (Å²) in [5.41, 5.74) is 1.22. The van der Waals surface area contributed by atoms with Crippen molar-refractivity contribution in [2.24, 2.45) is 5.41 Å². The van der Waals surface area contributed by atoms with E-state index in [4.69, 9.17) is 0 Å². The zero-order valence-electron chi connectivity index (χ0n) is 12.0. The summed E-state index contributed by atoms with van der Waals surface area (Å²) in [5, 5.41) is 0. The first-order valence-electron chi connectivity index (χ1n) is 6.44. The zero-order valence-corrected chi connectivity index (χ0v) is 12.8. The third-order valence-electron chi connectivity index (χ3n) is 3.03. The molecule has 0 aliphatic carbocycles. The Hall–Kier alpha value is -0.830. The van der Waals surface area contributed by atoms with Gasteiger partial charge in [-0.25, -0.2) is 8.42 Å². The van der Waals surface area contributed by atoms with E-state index in [1.165, 1.54) is 5.56 Å². The predicted octanol–water partition coefficient (Wildman–Crippen LogP) is 4.02. The van der Waals surface area contributed by atoms with E-state index < -0.39 is 9.84 Å². The summed E-state index contributed by atoms with van der Waals surface area (Å²) in [4.78, 5) is 0.441. The molecular weight excluding hydrogens is 244 g/mol. The van der Waals surface area contributed by atoms with Crippen molar-refractivity contribution in [3.8, 4) is 0 Å². The molecule has 0 aliphatic heterocycles. The monoisotopic (exact) mass is 268 g/mol. The highest BCUT2D eigenvalue weighted by Crippen LogP contribution is 2.23. The van der Waals surface area contributed by atoms with Gasteiger partial charge >= 0.3 is 0 Å². The Morgan fingerprint density at radius 1 is 1.06 bits per heavy atom. The van der Waals surface area contributed by atoms with Crippen molar-refractivity contribution in [3.05, 3.63) is 29.8 Å². The predicted molar refractivity (Wildman–Crippen MR) is 76.7 cm³/mol. The van der Waals surface area contributed by atoms with Gasteiger partial charge in [-0.1, -0.05) is 46.8 Å². The molecule has 0 atom stereocenters. The topological polar surface area (TPSA) is 34.1 Å². The molecule has 0 aliphatic rings. The van der Waals surface area contributed by atoms with Crippen molar-refractivity contribution in [1.29, 1.82) is 0 Å². The van der Waals surface area contributed by atoms with Crippen LogP contribution in [-0.4, -0.2) is 14.2 Å². The molecule has 3 heteroatoms. The van der Waals surface area contributed by atoms with Crippen LogP contribution in [0.5, 0.6) is 0 Å². The Balaban J connectivity index is 2.86. The van der Waals surface area contributed by atoms with Crippen LogP contribution in [0.25, 0.3) is 0 Å². The van der Waals surface area contributed by atoms with Gasteiger partial charge in [0.15, 0.2) is 9.84 Å². The van der Waals surface area contributed by atoms with Crippen LogP contribution >= 0.6 is 0 Å². The van der Waals surface area contributed by atoms with Crippen molar-refractivity contribution in [3.63, 3.8) is 0 Å². The van der Waals surface area contributed by atoms with Gasteiger partial charge in [0.25, 0.3) is 0 Å². The fraction of sp³-hybridized carbons (Fsp3) is 0.600. The Morgan fingerprint density at radius 2 is 1.56 bits per heavy atom. The van der Waals surface area contributed by atoms with Crippen LogP contribution in [0.4, 0.5) is 0 Å². The second kappa shape index (κ2) is 5.43. The summed E-state index contributed by atoms with van der Waals surface area (Å²) in [6, 6.07) is 7.28. The van der Waals surface area contributed by atoms with Gasteiger partial charge in [0.2, 0.25) is 0 Å². The summed E-state index contributed by atoms with van der Waals surface area (Å²) in [6.45, 7) is 10.4. The number of rotatable bonds is 4. The highest BCUT2D eigenvalue weighted by atomic mass is 32.2. The molecule has 0 heterocycles. The first-order chi connectivity index (χ1) is 8.12. The Kier molecular flexibility index (Phi) is 4.60. The van der Waals surface area contributed by atoms with Gasteiger partial charge in [0, 0.05) is 0 Å². The number of hydrogen-bond acceptors (Lipinski definition) is 2. The molecule has 0 aromatic heterocycles. The summed E-state index contributed by atoms with van der Waals surface area (Å²) in [5.74, 6) is 0.647. The molecule has 0 saturated heterocycles. The van der Waals surface area contributed by atoms with Crippen LogP contribution in [0, 0.1) is 5.41 Å². The first-order valence-corrected chi connectivity index (χ1v) is 8.10. The molecule has 0 fully saturated rings. The third-order valence-corrected chi connectivity index (χ3v) is 4.76. The van der Waals surface area contributed by atoms with Crippen molar-refractivity contribution in [1.82, 2.24) is 0 Å². The summed E-state index contributed by atoms with van der Waals surface area (Å²) >= 11 is 0. The molecule has 0 radical (unpaired) electrons. The Labute approximate surface area is 111 Å². The van der Waals surface area contributed by atoms with Crippen LogP contribution in [-0.2, 0) is 9.84 Å². The van der Waals surface area contributed by atoms with Gasteiger partial charge in [0.05, 0.1) is 10.6 Å². The lowest BCUT2D eigenvalue weighted by molar-refractivity contribution is 0.397. The molecule has 0 amide bonds. The lowest BCUT2D eigenvalue weighted by atomic mass is 9.94. The SMILES string of the molecule is CC(C)c1ccc(S(=O)(=O)CCC(C)(C)C)cc1. The molecule has 102 valence electrons. The van der Waals surface area contributed by atoms with Gasteiger partial charge in [0.1, 0.15) is 0 Å². The van der Waals surface area contributed by atoms with E-state index >= 15 is 0 Å². The van der Waals surface area contributed by atoms with E-state index in [0.717, 1.165) is 0 Å². The number of benzene rings is 1. The average Bonchev–Trinajstić information content (AvgIpc) is 2.26. The largest absolute Gasteiger partial charge is 0.224 e. The third kappa shape index (κ3) is 4.45. The Bertz CT molecular complexity index is 476. The molecule has 2 nitrogen and oxygen atoms in total. The van der Waals surface area contributed by atoms with E-state index in [1.54, 1.807) is 12.1 Å². The highest BCUT2D eigenvalue weighted by Gasteiger charge is 2.19. The molecule has 1 aromatic carbocycles. The Morgan fingerprint density at radius 3 is 1.94 bits per heavy atom. The maximum atomic E-state index is 12.2. The molecule has 0 saturated carbocycles. The molecular formula is C15H24O2S. The summed E-state index contributed by atoms with van der Waals surface area (Å²) in [6.07, 6.45) is 0.682. The van der Waals surface area contributed by atoms with Gasteiger partial charge in [-0.15, -0.1) is 0 Å². The van der Waals surface area contributed by atoms with E-state index in [1.807, 2.05) is 12.1 Å². The quantitative estimate of drug-likeness (QED) is 0.826. The smallest absolute Gasteiger partial charge is 0.178 e. The van der Waals surface area contributed by atoms with Crippen molar-refractivity contribution >= 4 is 9.84 Å². The minimum Gasteiger partial charge on any atom is -0.224 e. The lowest BCUT2D eigenvalue weighted by Crippen LogP contribution is -2.14.